The minimum Gasteiger partial charge on any atom is -0.478 e. The maximum Gasteiger partial charge on any atom is 0.336 e. The Morgan fingerprint density at radius 2 is 2.00 bits per heavy atom. The van der Waals surface area contributed by atoms with Crippen molar-refractivity contribution in [3.8, 4) is 11.5 Å². The van der Waals surface area contributed by atoms with Gasteiger partial charge in [-0.1, -0.05) is 6.07 Å². The van der Waals surface area contributed by atoms with Gasteiger partial charge in [0.05, 0.1) is 14.1 Å². The Kier molecular flexibility index (Phi) is 4.41. The minimum absolute atomic E-state index is 0.0252. The summed E-state index contributed by atoms with van der Waals surface area (Å²) in [6.07, 6.45) is 0. The number of nitro benzene ring substituents is 1. The molecule has 0 aliphatic rings. The molecule has 0 fully saturated rings. The van der Waals surface area contributed by atoms with E-state index in [0.29, 0.717) is 20.6 Å². The van der Waals surface area contributed by atoms with Crippen LogP contribution in [0.1, 0.15) is 15.9 Å². The number of halogens is 1. The number of nitro groups is 1. The van der Waals surface area contributed by atoms with Crippen molar-refractivity contribution in [3.05, 3.63) is 61.2 Å². The number of carboxylic acid groups (broad SMARTS) is 1. The van der Waals surface area contributed by atoms with E-state index in [1.54, 1.807) is 19.1 Å². The molecule has 6 nitrogen and oxygen atoms in total. The molecule has 2 aromatic carbocycles. The van der Waals surface area contributed by atoms with Crippen LogP contribution in [0.2, 0.25) is 0 Å². The molecule has 0 atom stereocenters. The first-order valence-corrected chi connectivity index (χ1v) is 6.92. The second-order valence-electron chi connectivity index (χ2n) is 4.21. The Balaban J connectivity index is 2.37. The molecule has 21 heavy (non-hydrogen) atoms. The zero-order valence-electron chi connectivity index (χ0n) is 10.9. The summed E-state index contributed by atoms with van der Waals surface area (Å²) in [7, 11) is 0. The number of hydrogen-bond acceptors (Lipinski definition) is 4. The fourth-order valence-electron chi connectivity index (χ4n) is 1.76. The topological polar surface area (TPSA) is 89.7 Å². The molecule has 108 valence electrons. The number of rotatable bonds is 4. The number of nitrogens with zero attached hydrogens (tertiary/aromatic N) is 1. The highest BCUT2D eigenvalue weighted by molar-refractivity contribution is 14.1. The third kappa shape index (κ3) is 3.30. The first kappa shape index (κ1) is 15.2. The zero-order valence-corrected chi connectivity index (χ0v) is 13.0. The fraction of sp³-hybridized carbons (Fsp3) is 0.0714. The van der Waals surface area contributed by atoms with Gasteiger partial charge in [-0.25, -0.2) is 4.79 Å². The van der Waals surface area contributed by atoms with Crippen LogP contribution in [0.3, 0.4) is 0 Å². The molecule has 0 bridgehead atoms. The highest BCUT2D eigenvalue weighted by atomic mass is 127. The van der Waals surface area contributed by atoms with Gasteiger partial charge < -0.3 is 9.84 Å². The molecule has 0 saturated heterocycles. The standard InChI is InChI=1S/C14H10INO5/c1-8-10(14(17)18)3-2-4-12(8)21-13-6-5-9(16(19)20)7-11(13)15/h2-7H,1H3,(H,17,18). The predicted octanol–water partition coefficient (Wildman–Crippen LogP) is 4.00. The van der Waals surface area contributed by atoms with Crippen LogP contribution in [0.15, 0.2) is 36.4 Å². The maximum absolute atomic E-state index is 11.1. The van der Waals surface area contributed by atoms with E-state index in [4.69, 9.17) is 9.84 Å². The van der Waals surface area contributed by atoms with Crippen LogP contribution in [0.4, 0.5) is 5.69 Å². The van der Waals surface area contributed by atoms with Gasteiger partial charge in [0, 0.05) is 17.7 Å². The van der Waals surface area contributed by atoms with E-state index in [0.717, 1.165) is 0 Å². The number of benzene rings is 2. The van der Waals surface area contributed by atoms with E-state index in [1.807, 2.05) is 22.6 Å². The molecule has 0 spiro atoms. The van der Waals surface area contributed by atoms with Crippen molar-refractivity contribution in [3.63, 3.8) is 0 Å². The first-order chi connectivity index (χ1) is 9.90. The van der Waals surface area contributed by atoms with Gasteiger partial charge in [-0.3, -0.25) is 10.1 Å². The average molecular weight is 399 g/mol. The summed E-state index contributed by atoms with van der Waals surface area (Å²) >= 11 is 1.93. The number of carbonyl (C=O) groups is 1. The first-order valence-electron chi connectivity index (χ1n) is 5.85. The van der Waals surface area contributed by atoms with Crippen LogP contribution in [0.25, 0.3) is 0 Å². The van der Waals surface area contributed by atoms with Gasteiger partial charge in [0.1, 0.15) is 11.5 Å². The molecule has 0 aliphatic carbocycles. The quantitative estimate of drug-likeness (QED) is 0.477. The normalized spacial score (nSPS) is 10.2. The molecule has 1 N–H and O–H groups in total. The maximum atomic E-state index is 11.1. The lowest BCUT2D eigenvalue weighted by Gasteiger charge is -2.11. The van der Waals surface area contributed by atoms with E-state index in [9.17, 15) is 14.9 Å². The molecular weight excluding hydrogens is 389 g/mol. The number of non-ortho nitro benzene ring substituents is 1. The number of ether oxygens (including phenoxy) is 1. The summed E-state index contributed by atoms with van der Waals surface area (Å²) in [5.74, 6) is -0.190. The van der Waals surface area contributed by atoms with Crippen molar-refractivity contribution in [1.29, 1.82) is 0 Å². The monoisotopic (exact) mass is 399 g/mol. The van der Waals surface area contributed by atoms with E-state index in [1.165, 1.54) is 24.3 Å². The number of hydrogen-bond donors (Lipinski definition) is 1. The van der Waals surface area contributed by atoms with E-state index < -0.39 is 10.9 Å². The van der Waals surface area contributed by atoms with Crippen molar-refractivity contribution in [2.24, 2.45) is 0 Å². The number of aromatic carboxylic acids is 1. The molecule has 0 heterocycles. The summed E-state index contributed by atoms with van der Waals surface area (Å²) in [4.78, 5) is 21.3. The molecule has 2 aromatic rings. The Labute approximate surface area is 133 Å². The van der Waals surface area contributed by atoms with Crippen LogP contribution in [0, 0.1) is 20.6 Å². The number of carboxylic acids is 1. The SMILES string of the molecule is Cc1c(Oc2ccc([N+](=O)[O-])cc2I)cccc1C(=O)O. The lowest BCUT2D eigenvalue weighted by atomic mass is 10.1. The molecule has 0 radical (unpaired) electrons. The Morgan fingerprint density at radius 1 is 1.29 bits per heavy atom. The Morgan fingerprint density at radius 3 is 2.57 bits per heavy atom. The van der Waals surface area contributed by atoms with Crippen molar-refractivity contribution in [1.82, 2.24) is 0 Å². The van der Waals surface area contributed by atoms with Gasteiger partial charge in [0.25, 0.3) is 5.69 Å². The summed E-state index contributed by atoms with van der Waals surface area (Å²) in [6, 6.07) is 8.96. The molecule has 0 aromatic heterocycles. The van der Waals surface area contributed by atoms with Gasteiger partial charge in [0.15, 0.2) is 0 Å². The molecule has 0 amide bonds. The minimum atomic E-state index is -1.03. The summed E-state index contributed by atoms with van der Waals surface area (Å²) < 4.78 is 6.24. The van der Waals surface area contributed by atoms with Crippen molar-refractivity contribution >= 4 is 34.2 Å². The Hall–Kier alpha value is -2.16. The van der Waals surface area contributed by atoms with Crippen LogP contribution in [-0.2, 0) is 0 Å². The van der Waals surface area contributed by atoms with Crippen molar-refractivity contribution in [2.75, 3.05) is 0 Å². The third-order valence-corrected chi connectivity index (χ3v) is 3.70. The zero-order chi connectivity index (χ0) is 15.6. The Bertz CT molecular complexity index is 729. The van der Waals surface area contributed by atoms with Gasteiger partial charge in [-0.2, -0.15) is 0 Å². The molecule has 0 unspecified atom stereocenters. The molecular formula is C14H10INO5. The molecule has 0 saturated carbocycles. The highest BCUT2D eigenvalue weighted by Crippen LogP contribution is 2.32. The largest absolute Gasteiger partial charge is 0.478 e. The van der Waals surface area contributed by atoms with Crippen molar-refractivity contribution < 1.29 is 19.6 Å². The van der Waals surface area contributed by atoms with Gasteiger partial charge in [-0.15, -0.1) is 0 Å². The second-order valence-corrected chi connectivity index (χ2v) is 5.37. The van der Waals surface area contributed by atoms with Gasteiger partial charge in [0.2, 0.25) is 0 Å². The molecule has 7 heteroatoms. The third-order valence-electron chi connectivity index (χ3n) is 2.86. The van der Waals surface area contributed by atoms with Crippen LogP contribution < -0.4 is 4.74 Å². The van der Waals surface area contributed by atoms with Gasteiger partial charge in [-0.05, 0) is 47.7 Å². The fourth-order valence-corrected chi connectivity index (χ4v) is 2.37. The van der Waals surface area contributed by atoms with Crippen LogP contribution in [0.5, 0.6) is 11.5 Å². The predicted molar refractivity (Wildman–Crippen MR) is 84.0 cm³/mol. The highest BCUT2D eigenvalue weighted by Gasteiger charge is 2.14. The molecule has 0 aliphatic heterocycles. The summed E-state index contributed by atoms with van der Waals surface area (Å²) in [5, 5.41) is 19.8. The molecule has 2 rings (SSSR count). The summed E-state index contributed by atoms with van der Waals surface area (Å²) in [5.41, 5.74) is 0.631. The smallest absolute Gasteiger partial charge is 0.336 e. The lowest BCUT2D eigenvalue weighted by Crippen LogP contribution is -2.01. The lowest BCUT2D eigenvalue weighted by molar-refractivity contribution is -0.385. The van der Waals surface area contributed by atoms with Crippen LogP contribution in [-0.4, -0.2) is 16.0 Å². The van der Waals surface area contributed by atoms with Crippen LogP contribution >= 0.6 is 22.6 Å². The van der Waals surface area contributed by atoms with E-state index >= 15 is 0 Å². The van der Waals surface area contributed by atoms with Crippen molar-refractivity contribution in [2.45, 2.75) is 6.92 Å². The summed E-state index contributed by atoms with van der Waals surface area (Å²) in [6.45, 7) is 1.65. The van der Waals surface area contributed by atoms with E-state index in [2.05, 4.69) is 0 Å². The van der Waals surface area contributed by atoms with Gasteiger partial charge >= 0.3 is 5.97 Å². The average Bonchev–Trinajstić information content (AvgIpc) is 2.42. The van der Waals surface area contributed by atoms with E-state index in [-0.39, 0.29) is 11.3 Å². The second kappa shape index (κ2) is 6.08.